The number of nitrogens with zero attached hydrogens (tertiary/aromatic N) is 2. The van der Waals surface area contributed by atoms with Crippen molar-refractivity contribution in [3.63, 3.8) is 0 Å². The van der Waals surface area contributed by atoms with Crippen LogP contribution in [0.1, 0.15) is 30.3 Å². The molecule has 31 heavy (non-hydrogen) atoms. The molecule has 0 bridgehead atoms. The second-order valence-corrected chi connectivity index (χ2v) is 9.66. The minimum absolute atomic E-state index is 0.193. The van der Waals surface area contributed by atoms with Gasteiger partial charge in [-0.25, -0.2) is 22.5 Å². The lowest BCUT2D eigenvalue weighted by atomic mass is 10.1. The Labute approximate surface area is 185 Å². The number of methoxy groups -OCH3 is 1. The van der Waals surface area contributed by atoms with Crippen molar-refractivity contribution >= 4 is 26.7 Å². The fourth-order valence-corrected chi connectivity index (χ4v) is 4.83. The molecule has 0 spiro atoms. The molecule has 0 fully saturated rings. The Hall–Kier alpha value is -2.56. The third kappa shape index (κ3) is 6.46. The van der Waals surface area contributed by atoms with E-state index < -0.39 is 10.0 Å². The zero-order valence-corrected chi connectivity index (χ0v) is 19.2. The SMILES string of the molecule is COc1ccc(S(=O)(=O)NC(C)CCNc2nc(Cc3ccc(F)c(C)c3)ns2)cc1. The Balaban J connectivity index is 1.48. The standard InChI is InChI=1S/C21H25FN4O3S2/c1-14-12-16(4-9-19(14)22)13-20-24-21(30-25-20)23-11-10-15(2)26-31(27,28)18-7-5-17(29-3)6-8-18/h4-9,12,15,26H,10-11,13H2,1-3H3,(H,23,24,25). The second kappa shape index (κ2) is 10.2. The van der Waals surface area contributed by atoms with Crippen molar-refractivity contribution in [2.75, 3.05) is 19.0 Å². The highest BCUT2D eigenvalue weighted by Gasteiger charge is 2.17. The number of sulfonamides is 1. The van der Waals surface area contributed by atoms with E-state index in [2.05, 4.69) is 19.4 Å². The quantitative estimate of drug-likeness (QED) is 0.475. The molecule has 0 saturated carbocycles. The average Bonchev–Trinajstić information content (AvgIpc) is 3.17. The summed E-state index contributed by atoms with van der Waals surface area (Å²) in [6.45, 7) is 4.08. The molecule has 0 aliphatic carbocycles. The summed E-state index contributed by atoms with van der Waals surface area (Å²) in [5.74, 6) is 1.03. The van der Waals surface area contributed by atoms with Crippen LogP contribution in [0.3, 0.4) is 0 Å². The normalized spacial score (nSPS) is 12.5. The van der Waals surface area contributed by atoms with Crippen LogP contribution in [0.25, 0.3) is 0 Å². The van der Waals surface area contributed by atoms with Crippen LogP contribution in [0.2, 0.25) is 0 Å². The first-order chi connectivity index (χ1) is 14.8. The molecular formula is C21H25FN4O3S2. The topological polar surface area (TPSA) is 93.2 Å². The number of rotatable bonds is 10. The molecule has 3 aromatic rings. The monoisotopic (exact) mass is 464 g/mol. The molecule has 1 unspecified atom stereocenters. The number of benzene rings is 2. The van der Waals surface area contributed by atoms with E-state index >= 15 is 0 Å². The lowest BCUT2D eigenvalue weighted by molar-refractivity contribution is 0.414. The number of hydrogen-bond donors (Lipinski definition) is 2. The van der Waals surface area contributed by atoms with Gasteiger partial charge in [0.25, 0.3) is 0 Å². The van der Waals surface area contributed by atoms with E-state index in [4.69, 9.17) is 4.74 Å². The van der Waals surface area contributed by atoms with E-state index in [1.165, 1.54) is 36.8 Å². The van der Waals surface area contributed by atoms with Gasteiger partial charge in [-0.2, -0.15) is 4.37 Å². The van der Waals surface area contributed by atoms with Crippen molar-refractivity contribution in [3.8, 4) is 5.75 Å². The van der Waals surface area contributed by atoms with E-state index in [1.807, 2.05) is 6.92 Å². The van der Waals surface area contributed by atoms with Crippen LogP contribution in [0.15, 0.2) is 47.4 Å². The third-order valence-electron chi connectivity index (χ3n) is 4.63. The van der Waals surface area contributed by atoms with Crippen LogP contribution in [-0.4, -0.2) is 37.5 Å². The summed E-state index contributed by atoms with van der Waals surface area (Å²) in [4.78, 5) is 4.64. The van der Waals surface area contributed by atoms with Crippen molar-refractivity contribution in [1.82, 2.24) is 14.1 Å². The summed E-state index contributed by atoms with van der Waals surface area (Å²) < 4.78 is 50.4. The van der Waals surface area contributed by atoms with Gasteiger partial charge >= 0.3 is 0 Å². The Morgan fingerprint density at radius 2 is 1.94 bits per heavy atom. The molecule has 1 heterocycles. The van der Waals surface area contributed by atoms with Crippen LogP contribution in [-0.2, 0) is 16.4 Å². The Kier molecular flexibility index (Phi) is 7.58. The van der Waals surface area contributed by atoms with Crippen molar-refractivity contribution in [1.29, 1.82) is 0 Å². The molecule has 0 radical (unpaired) electrons. The number of aryl methyl sites for hydroxylation is 1. The smallest absolute Gasteiger partial charge is 0.240 e. The highest BCUT2D eigenvalue weighted by atomic mass is 32.2. The van der Waals surface area contributed by atoms with Gasteiger partial charge in [-0.3, -0.25) is 0 Å². The van der Waals surface area contributed by atoms with Crippen molar-refractivity contribution in [3.05, 3.63) is 65.2 Å². The second-order valence-electron chi connectivity index (χ2n) is 7.19. The fraction of sp³-hybridized carbons (Fsp3) is 0.333. The maximum Gasteiger partial charge on any atom is 0.240 e. The number of anilines is 1. The fourth-order valence-electron chi connectivity index (χ4n) is 2.94. The molecule has 2 aromatic carbocycles. The van der Waals surface area contributed by atoms with Crippen LogP contribution >= 0.6 is 11.5 Å². The van der Waals surface area contributed by atoms with Crippen LogP contribution in [0, 0.1) is 12.7 Å². The molecule has 2 N–H and O–H groups in total. The molecule has 1 aromatic heterocycles. The largest absolute Gasteiger partial charge is 0.497 e. The van der Waals surface area contributed by atoms with E-state index in [0.29, 0.717) is 41.7 Å². The van der Waals surface area contributed by atoms with E-state index in [1.54, 1.807) is 31.2 Å². The molecule has 0 aliphatic rings. The predicted molar refractivity (Wildman–Crippen MR) is 120 cm³/mol. The van der Waals surface area contributed by atoms with Crippen LogP contribution < -0.4 is 14.8 Å². The first kappa shape index (κ1) is 23.1. The molecule has 10 heteroatoms. The van der Waals surface area contributed by atoms with E-state index in [0.717, 1.165) is 5.56 Å². The van der Waals surface area contributed by atoms with Gasteiger partial charge in [-0.05, 0) is 61.7 Å². The van der Waals surface area contributed by atoms with Gasteiger partial charge in [0.1, 0.15) is 17.4 Å². The molecule has 0 saturated heterocycles. The molecule has 7 nitrogen and oxygen atoms in total. The van der Waals surface area contributed by atoms with Crippen molar-refractivity contribution < 1.29 is 17.5 Å². The van der Waals surface area contributed by atoms with Gasteiger partial charge in [0.2, 0.25) is 15.2 Å². The summed E-state index contributed by atoms with van der Waals surface area (Å²) in [6, 6.07) is 10.9. The Morgan fingerprint density at radius 3 is 2.61 bits per heavy atom. The molecule has 166 valence electrons. The zero-order chi connectivity index (χ0) is 22.4. The summed E-state index contributed by atoms with van der Waals surface area (Å²) in [6.07, 6.45) is 1.10. The van der Waals surface area contributed by atoms with E-state index in [-0.39, 0.29) is 16.8 Å². The number of ether oxygens (including phenoxy) is 1. The predicted octanol–water partition coefficient (Wildman–Crippen LogP) is 3.75. The minimum Gasteiger partial charge on any atom is -0.497 e. The third-order valence-corrected chi connectivity index (χ3v) is 6.95. The first-order valence-corrected chi connectivity index (χ1v) is 12.0. The lowest BCUT2D eigenvalue weighted by Crippen LogP contribution is -2.33. The molecule has 3 rings (SSSR count). The van der Waals surface area contributed by atoms with Crippen LogP contribution in [0.5, 0.6) is 5.75 Å². The summed E-state index contributed by atoms with van der Waals surface area (Å²) in [5, 5.41) is 3.84. The van der Waals surface area contributed by atoms with Crippen molar-refractivity contribution in [2.24, 2.45) is 0 Å². The molecule has 0 aliphatic heterocycles. The molecular weight excluding hydrogens is 439 g/mol. The van der Waals surface area contributed by atoms with Gasteiger partial charge in [0.15, 0.2) is 0 Å². The molecule has 0 amide bonds. The number of hydrogen-bond acceptors (Lipinski definition) is 7. The van der Waals surface area contributed by atoms with Gasteiger partial charge < -0.3 is 10.1 Å². The molecule has 1 atom stereocenters. The van der Waals surface area contributed by atoms with Gasteiger partial charge in [-0.1, -0.05) is 12.1 Å². The zero-order valence-electron chi connectivity index (χ0n) is 17.6. The van der Waals surface area contributed by atoms with E-state index in [9.17, 15) is 12.8 Å². The highest BCUT2D eigenvalue weighted by Crippen LogP contribution is 2.18. The van der Waals surface area contributed by atoms with Gasteiger partial charge in [-0.15, -0.1) is 0 Å². The summed E-state index contributed by atoms with van der Waals surface area (Å²) in [7, 11) is -2.07. The first-order valence-electron chi connectivity index (χ1n) is 9.74. The maximum absolute atomic E-state index is 13.4. The highest BCUT2D eigenvalue weighted by molar-refractivity contribution is 7.89. The number of halogens is 1. The van der Waals surface area contributed by atoms with Gasteiger partial charge in [0, 0.05) is 30.5 Å². The summed E-state index contributed by atoms with van der Waals surface area (Å²) >= 11 is 1.24. The van der Waals surface area contributed by atoms with Crippen LogP contribution in [0.4, 0.5) is 9.52 Å². The lowest BCUT2D eigenvalue weighted by Gasteiger charge is -2.14. The summed E-state index contributed by atoms with van der Waals surface area (Å²) in [5.41, 5.74) is 1.54. The maximum atomic E-state index is 13.4. The van der Waals surface area contributed by atoms with Crippen molar-refractivity contribution in [2.45, 2.75) is 37.6 Å². The Morgan fingerprint density at radius 1 is 1.19 bits per heavy atom. The minimum atomic E-state index is -3.60. The average molecular weight is 465 g/mol. The van der Waals surface area contributed by atoms with Gasteiger partial charge in [0.05, 0.1) is 12.0 Å². The Bertz CT molecular complexity index is 1120. The number of nitrogens with one attached hydrogen (secondary N) is 2. The number of aromatic nitrogens is 2.